The Morgan fingerprint density at radius 1 is 1.37 bits per heavy atom. The summed E-state index contributed by atoms with van der Waals surface area (Å²) in [6.45, 7) is 1.29. The summed E-state index contributed by atoms with van der Waals surface area (Å²) in [6.07, 6.45) is 1.24. The Morgan fingerprint density at radius 2 is 2.00 bits per heavy atom. The van der Waals surface area contributed by atoms with Gasteiger partial charge in [-0.25, -0.2) is 13.6 Å². The lowest BCUT2D eigenvalue weighted by atomic mass is 10.1. The fourth-order valence-corrected chi connectivity index (χ4v) is 2.01. The van der Waals surface area contributed by atoms with Gasteiger partial charge in [0.2, 0.25) is 5.43 Å². The predicted molar refractivity (Wildman–Crippen MR) is 65.2 cm³/mol. The van der Waals surface area contributed by atoms with Crippen molar-refractivity contribution in [3.8, 4) is 0 Å². The molecule has 1 aromatic carbocycles. The number of aromatic nitrogens is 1. The second kappa shape index (κ2) is 4.46. The third-order valence-corrected chi connectivity index (χ3v) is 3.01. The summed E-state index contributed by atoms with van der Waals surface area (Å²) >= 11 is 0. The fourth-order valence-electron chi connectivity index (χ4n) is 2.01. The van der Waals surface area contributed by atoms with Crippen molar-refractivity contribution in [2.24, 2.45) is 7.05 Å². The summed E-state index contributed by atoms with van der Waals surface area (Å²) in [7, 11) is 2.68. The summed E-state index contributed by atoms with van der Waals surface area (Å²) in [4.78, 5) is 23.7. The number of hydrogen-bond acceptors (Lipinski definition) is 3. The van der Waals surface area contributed by atoms with Crippen LogP contribution in [-0.2, 0) is 11.8 Å². The van der Waals surface area contributed by atoms with Crippen molar-refractivity contribution in [3.05, 3.63) is 45.2 Å². The highest BCUT2D eigenvalue weighted by atomic mass is 19.2. The van der Waals surface area contributed by atoms with Gasteiger partial charge in [-0.3, -0.25) is 4.79 Å². The smallest absolute Gasteiger partial charge is 0.343 e. The molecule has 0 saturated carbocycles. The van der Waals surface area contributed by atoms with E-state index in [4.69, 9.17) is 0 Å². The molecule has 0 atom stereocenters. The number of benzene rings is 1. The number of carbonyl (C=O) groups is 1. The number of methoxy groups -OCH3 is 1. The highest BCUT2D eigenvalue weighted by Gasteiger charge is 2.19. The number of esters is 1. The normalized spacial score (nSPS) is 10.8. The van der Waals surface area contributed by atoms with Crippen molar-refractivity contribution >= 4 is 16.9 Å². The number of carbonyl (C=O) groups excluding carboxylic acids is 1. The van der Waals surface area contributed by atoms with E-state index in [0.717, 1.165) is 13.2 Å². The van der Waals surface area contributed by atoms with E-state index in [-0.39, 0.29) is 22.0 Å². The number of fused-ring (bicyclic) bond motifs is 1. The Morgan fingerprint density at radius 3 is 2.58 bits per heavy atom. The van der Waals surface area contributed by atoms with Crippen molar-refractivity contribution < 1.29 is 18.3 Å². The summed E-state index contributed by atoms with van der Waals surface area (Å²) in [5.74, 6) is -2.94. The SMILES string of the molecule is COC(=O)c1cn(C)c2cc(F)c(F)c(C)c2c1=O. The zero-order valence-electron chi connectivity index (χ0n) is 10.6. The Hall–Kier alpha value is -2.24. The second-order valence-corrected chi connectivity index (χ2v) is 4.17. The van der Waals surface area contributed by atoms with E-state index < -0.39 is 23.0 Å². The Labute approximate surface area is 107 Å². The molecule has 19 heavy (non-hydrogen) atoms. The molecule has 0 spiro atoms. The maximum Gasteiger partial charge on any atom is 0.343 e. The van der Waals surface area contributed by atoms with Gasteiger partial charge in [0.25, 0.3) is 0 Å². The molecule has 1 aromatic heterocycles. The molecule has 0 aliphatic carbocycles. The lowest BCUT2D eigenvalue weighted by Gasteiger charge is -2.11. The average molecular weight is 267 g/mol. The lowest BCUT2D eigenvalue weighted by Crippen LogP contribution is -2.20. The topological polar surface area (TPSA) is 48.3 Å². The molecule has 2 aromatic rings. The molecule has 100 valence electrons. The molecule has 1 heterocycles. The number of halogens is 2. The quantitative estimate of drug-likeness (QED) is 0.741. The zero-order chi connectivity index (χ0) is 14.3. The minimum atomic E-state index is -1.09. The molecule has 0 fully saturated rings. The molecular formula is C13H11F2NO3. The maximum absolute atomic E-state index is 13.5. The van der Waals surface area contributed by atoms with Gasteiger partial charge in [0, 0.05) is 24.9 Å². The van der Waals surface area contributed by atoms with Gasteiger partial charge < -0.3 is 9.30 Å². The minimum Gasteiger partial charge on any atom is -0.465 e. The van der Waals surface area contributed by atoms with E-state index in [9.17, 15) is 18.4 Å². The molecule has 0 N–H and O–H groups in total. The van der Waals surface area contributed by atoms with Crippen molar-refractivity contribution in [2.45, 2.75) is 6.92 Å². The Kier molecular flexibility index (Phi) is 3.09. The molecule has 0 amide bonds. The maximum atomic E-state index is 13.5. The number of nitrogens with zero attached hydrogens (tertiary/aromatic N) is 1. The van der Waals surface area contributed by atoms with Gasteiger partial charge in [-0.05, 0) is 6.92 Å². The van der Waals surface area contributed by atoms with Crippen molar-refractivity contribution in [3.63, 3.8) is 0 Å². The van der Waals surface area contributed by atoms with Crippen molar-refractivity contribution in [2.75, 3.05) is 7.11 Å². The molecule has 0 aliphatic rings. The molecule has 4 nitrogen and oxygen atoms in total. The van der Waals surface area contributed by atoms with E-state index in [1.54, 1.807) is 0 Å². The van der Waals surface area contributed by atoms with Crippen molar-refractivity contribution in [1.82, 2.24) is 4.57 Å². The van der Waals surface area contributed by atoms with Gasteiger partial charge in [-0.1, -0.05) is 0 Å². The predicted octanol–water partition coefficient (Wildman–Crippen LogP) is 1.91. The van der Waals surface area contributed by atoms with Gasteiger partial charge in [0.15, 0.2) is 11.6 Å². The van der Waals surface area contributed by atoms with Gasteiger partial charge in [-0.15, -0.1) is 0 Å². The Bertz CT molecular complexity index is 750. The Balaban J connectivity index is 3.01. The number of aryl methyl sites for hydroxylation is 2. The molecule has 2 rings (SSSR count). The fraction of sp³-hybridized carbons (Fsp3) is 0.231. The number of rotatable bonds is 1. The van der Waals surface area contributed by atoms with E-state index in [2.05, 4.69) is 4.74 Å². The van der Waals surface area contributed by atoms with E-state index in [1.165, 1.54) is 24.7 Å². The third-order valence-electron chi connectivity index (χ3n) is 3.01. The van der Waals surface area contributed by atoms with Gasteiger partial charge in [-0.2, -0.15) is 0 Å². The van der Waals surface area contributed by atoms with Crippen LogP contribution in [0.3, 0.4) is 0 Å². The molecule has 0 unspecified atom stereocenters. The van der Waals surface area contributed by atoms with Crippen LogP contribution in [0.4, 0.5) is 8.78 Å². The molecule has 0 saturated heterocycles. The standard InChI is InChI=1S/C13H11F2NO3/c1-6-10-9(4-8(14)11(6)15)16(2)5-7(12(10)17)13(18)19-3/h4-5H,1-3H3. The summed E-state index contributed by atoms with van der Waals surface area (Å²) in [5.41, 5.74) is -0.793. The van der Waals surface area contributed by atoms with Crippen LogP contribution in [-0.4, -0.2) is 17.6 Å². The van der Waals surface area contributed by atoms with Crippen LogP contribution in [0, 0.1) is 18.6 Å². The first-order valence-corrected chi connectivity index (χ1v) is 5.44. The lowest BCUT2D eigenvalue weighted by molar-refractivity contribution is 0.0598. The van der Waals surface area contributed by atoms with Crippen molar-refractivity contribution in [1.29, 1.82) is 0 Å². The monoisotopic (exact) mass is 267 g/mol. The van der Waals surface area contributed by atoms with Crippen LogP contribution in [0.1, 0.15) is 15.9 Å². The number of hydrogen-bond donors (Lipinski definition) is 0. The van der Waals surface area contributed by atoms with Crippen LogP contribution >= 0.6 is 0 Å². The van der Waals surface area contributed by atoms with Crippen LogP contribution in [0.5, 0.6) is 0 Å². The first-order valence-electron chi connectivity index (χ1n) is 5.44. The molecule has 6 heteroatoms. The summed E-state index contributed by atoms with van der Waals surface area (Å²) < 4.78 is 32.8. The number of pyridine rings is 1. The van der Waals surface area contributed by atoms with Crippen LogP contribution < -0.4 is 5.43 Å². The van der Waals surface area contributed by atoms with Crippen LogP contribution in [0.2, 0.25) is 0 Å². The molecule has 0 bridgehead atoms. The average Bonchev–Trinajstić information content (AvgIpc) is 2.38. The highest BCUT2D eigenvalue weighted by molar-refractivity contribution is 5.94. The van der Waals surface area contributed by atoms with Crippen LogP contribution in [0.15, 0.2) is 17.1 Å². The first kappa shape index (κ1) is 13.2. The molecule has 0 aliphatic heterocycles. The van der Waals surface area contributed by atoms with E-state index in [0.29, 0.717) is 0 Å². The second-order valence-electron chi connectivity index (χ2n) is 4.17. The highest BCUT2D eigenvalue weighted by Crippen LogP contribution is 2.21. The largest absolute Gasteiger partial charge is 0.465 e. The van der Waals surface area contributed by atoms with Gasteiger partial charge in [0.05, 0.1) is 18.0 Å². The minimum absolute atomic E-state index is 0.0238. The summed E-state index contributed by atoms with van der Waals surface area (Å²) in [6, 6.07) is 0.931. The first-order chi connectivity index (χ1) is 8.88. The third kappa shape index (κ3) is 1.89. The van der Waals surface area contributed by atoms with Gasteiger partial charge in [0.1, 0.15) is 5.56 Å². The van der Waals surface area contributed by atoms with E-state index >= 15 is 0 Å². The number of ether oxygens (including phenoxy) is 1. The van der Waals surface area contributed by atoms with E-state index in [1.807, 2.05) is 0 Å². The van der Waals surface area contributed by atoms with Gasteiger partial charge >= 0.3 is 5.97 Å². The summed E-state index contributed by atoms with van der Waals surface area (Å²) in [5, 5.41) is -0.0238. The molecule has 0 radical (unpaired) electrons. The van der Waals surface area contributed by atoms with Crippen LogP contribution in [0.25, 0.3) is 10.9 Å². The zero-order valence-corrected chi connectivity index (χ0v) is 10.6. The molecular weight excluding hydrogens is 256 g/mol.